The Labute approximate surface area is 96.0 Å². The molecule has 0 unspecified atom stereocenters. The molecular weight excluding hydrogens is 227 g/mol. The third kappa shape index (κ3) is 2.25. The van der Waals surface area contributed by atoms with Crippen LogP contribution in [0.4, 0.5) is 10.1 Å². The molecule has 2 heterocycles. The normalized spacial score (nSPS) is 10.1. The van der Waals surface area contributed by atoms with Crippen molar-refractivity contribution in [1.29, 1.82) is 0 Å². The van der Waals surface area contributed by atoms with Crippen molar-refractivity contribution >= 4 is 22.9 Å². The number of carbonyl (C=O) groups is 1. The topological polar surface area (TPSA) is 42.0 Å². The molecule has 5 heteroatoms. The molecule has 2 aromatic rings. The summed E-state index contributed by atoms with van der Waals surface area (Å²) in [4.78, 5) is 15.2. The van der Waals surface area contributed by atoms with Gasteiger partial charge in [0.1, 0.15) is 0 Å². The SMILES string of the molecule is Cc1cscc1C(=O)Nc1ccc(F)nc1. The second-order valence-electron chi connectivity index (χ2n) is 3.29. The minimum atomic E-state index is -0.565. The van der Waals surface area contributed by atoms with Gasteiger partial charge in [-0.25, -0.2) is 4.98 Å². The first kappa shape index (κ1) is 10.8. The van der Waals surface area contributed by atoms with Crippen LogP contribution >= 0.6 is 11.3 Å². The highest BCUT2D eigenvalue weighted by Gasteiger charge is 2.09. The van der Waals surface area contributed by atoms with Crippen molar-refractivity contribution < 1.29 is 9.18 Å². The summed E-state index contributed by atoms with van der Waals surface area (Å²) < 4.78 is 12.5. The molecule has 0 atom stereocenters. The smallest absolute Gasteiger partial charge is 0.256 e. The maximum Gasteiger partial charge on any atom is 0.256 e. The van der Waals surface area contributed by atoms with Crippen LogP contribution in [-0.2, 0) is 0 Å². The van der Waals surface area contributed by atoms with E-state index in [1.54, 1.807) is 5.38 Å². The maximum absolute atomic E-state index is 12.5. The minimum absolute atomic E-state index is 0.202. The quantitative estimate of drug-likeness (QED) is 0.815. The molecular formula is C11H9FN2OS. The summed E-state index contributed by atoms with van der Waals surface area (Å²) in [6, 6.07) is 2.68. The van der Waals surface area contributed by atoms with Gasteiger partial charge in [0.05, 0.1) is 17.4 Å². The van der Waals surface area contributed by atoms with E-state index < -0.39 is 5.95 Å². The molecule has 16 heavy (non-hydrogen) atoms. The Morgan fingerprint density at radius 2 is 2.25 bits per heavy atom. The van der Waals surface area contributed by atoms with Crippen molar-refractivity contribution in [3.05, 3.63) is 46.2 Å². The summed E-state index contributed by atoms with van der Waals surface area (Å²) in [6.07, 6.45) is 1.29. The van der Waals surface area contributed by atoms with Gasteiger partial charge >= 0.3 is 0 Å². The highest BCUT2D eigenvalue weighted by molar-refractivity contribution is 7.08. The van der Waals surface area contributed by atoms with Crippen molar-refractivity contribution in [2.24, 2.45) is 0 Å². The number of pyridine rings is 1. The fourth-order valence-corrected chi connectivity index (χ4v) is 2.07. The maximum atomic E-state index is 12.5. The number of thiophene rings is 1. The van der Waals surface area contributed by atoms with Gasteiger partial charge in [-0.05, 0) is 30.0 Å². The lowest BCUT2D eigenvalue weighted by atomic mass is 10.2. The fraction of sp³-hybridized carbons (Fsp3) is 0.0909. The van der Waals surface area contributed by atoms with Crippen molar-refractivity contribution in [3.8, 4) is 0 Å². The number of aryl methyl sites for hydroxylation is 1. The standard InChI is InChI=1S/C11H9FN2OS/c1-7-5-16-6-9(7)11(15)14-8-2-3-10(12)13-4-8/h2-6H,1H3,(H,14,15). The van der Waals surface area contributed by atoms with Gasteiger partial charge in [0.2, 0.25) is 5.95 Å². The molecule has 1 amide bonds. The Morgan fingerprint density at radius 3 is 2.81 bits per heavy atom. The van der Waals surface area contributed by atoms with E-state index in [1.165, 1.54) is 29.7 Å². The number of nitrogens with one attached hydrogen (secondary N) is 1. The van der Waals surface area contributed by atoms with Gasteiger partial charge in [-0.15, -0.1) is 0 Å². The van der Waals surface area contributed by atoms with Crippen molar-refractivity contribution in [3.63, 3.8) is 0 Å². The van der Waals surface area contributed by atoms with Gasteiger partial charge in [-0.1, -0.05) is 0 Å². The Morgan fingerprint density at radius 1 is 1.44 bits per heavy atom. The monoisotopic (exact) mass is 236 g/mol. The Kier molecular flexibility index (Phi) is 2.96. The van der Waals surface area contributed by atoms with Gasteiger partial charge in [-0.2, -0.15) is 15.7 Å². The van der Waals surface area contributed by atoms with Crippen LogP contribution in [0.5, 0.6) is 0 Å². The molecule has 0 saturated carbocycles. The van der Waals surface area contributed by atoms with Gasteiger partial charge in [0.25, 0.3) is 5.91 Å². The van der Waals surface area contributed by atoms with Crippen LogP contribution in [0.15, 0.2) is 29.1 Å². The molecule has 0 aliphatic heterocycles. The highest BCUT2D eigenvalue weighted by atomic mass is 32.1. The third-order valence-electron chi connectivity index (χ3n) is 2.09. The molecule has 0 aliphatic carbocycles. The number of hydrogen-bond donors (Lipinski definition) is 1. The lowest BCUT2D eigenvalue weighted by molar-refractivity contribution is 0.102. The first-order valence-electron chi connectivity index (χ1n) is 4.62. The molecule has 0 radical (unpaired) electrons. The van der Waals surface area contributed by atoms with Gasteiger partial charge < -0.3 is 5.32 Å². The summed E-state index contributed by atoms with van der Waals surface area (Å²) in [5, 5.41) is 6.33. The second kappa shape index (κ2) is 4.40. The van der Waals surface area contributed by atoms with Crippen LogP contribution < -0.4 is 5.32 Å². The highest BCUT2D eigenvalue weighted by Crippen LogP contribution is 2.15. The van der Waals surface area contributed by atoms with Crippen LogP contribution in [0.3, 0.4) is 0 Å². The number of rotatable bonds is 2. The summed E-state index contributed by atoms with van der Waals surface area (Å²) in [6.45, 7) is 1.87. The number of halogens is 1. The number of anilines is 1. The van der Waals surface area contributed by atoms with Crippen LogP contribution in [0.25, 0.3) is 0 Å². The van der Waals surface area contributed by atoms with Crippen LogP contribution in [0.1, 0.15) is 15.9 Å². The van der Waals surface area contributed by atoms with Crippen molar-refractivity contribution in [1.82, 2.24) is 4.98 Å². The van der Waals surface area contributed by atoms with Gasteiger partial charge in [-0.3, -0.25) is 4.79 Å². The zero-order chi connectivity index (χ0) is 11.5. The first-order valence-corrected chi connectivity index (χ1v) is 5.57. The van der Waals surface area contributed by atoms with Gasteiger partial charge in [0.15, 0.2) is 0 Å². The Bertz CT molecular complexity index is 507. The number of aromatic nitrogens is 1. The zero-order valence-corrected chi connectivity index (χ0v) is 9.34. The Hall–Kier alpha value is -1.75. The van der Waals surface area contributed by atoms with Crippen LogP contribution in [-0.4, -0.2) is 10.9 Å². The molecule has 0 aromatic carbocycles. The molecule has 0 saturated heterocycles. The number of nitrogens with zero attached hydrogens (tertiary/aromatic N) is 1. The van der Waals surface area contributed by atoms with E-state index in [-0.39, 0.29) is 5.91 Å². The molecule has 2 rings (SSSR count). The van der Waals surface area contributed by atoms with E-state index in [9.17, 15) is 9.18 Å². The zero-order valence-electron chi connectivity index (χ0n) is 8.53. The van der Waals surface area contributed by atoms with Crippen LogP contribution in [0, 0.1) is 12.9 Å². The molecule has 0 spiro atoms. The van der Waals surface area contributed by atoms with Crippen LogP contribution in [0.2, 0.25) is 0 Å². The molecule has 1 N–H and O–H groups in total. The average Bonchev–Trinajstić information content (AvgIpc) is 2.68. The van der Waals surface area contributed by atoms with E-state index >= 15 is 0 Å². The van der Waals surface area contributed by atoms with Crippen molar-refractivity contribution in [2.45, 2.75) is 6.92 Å². The molecule has 0 bridgehead atoms. The number of amides is 1. The minimum Gasteiger partial charge on any atom is -0.321 e. The van der Waals surface area contributed by atoms with E-state index in [0.717, 1.165) is 5.56 Å². The predicted octanol–water partition coefficient (Wildman–Crippen LogP) is 2.84. The molecule has 82 valence electrons. The average molecular weight is 236 g/mol. The summed E-state index contributed by atoms with van der Waals surface area (Å²) in [5.41, 5.74) is 2.05. The van der Waals surface area contributed by atoms with E-state index in [0.29, 0.717) is 11.3 Å². The fourth-order valence-electron chi connectivity index (χ4n) is 1.24. The lowest BCUT2D eigenvalue weighted by Crippen LogP contribution is -2.12. The third-order valence-corrected chi connectivity index (χ3v) is 2.95. The number of carbonyl (C=O) groups excluding carboxylic acids is 1. The predicted molar refractivity (Wildman–Crippen MR) is 61.2 cm³/mol. The lowest BCUT2D eigenvalue weighted by Gasteiger charge is -2.03. The Balaban J connectivity index is 2.14. The second-order valence-corrected chi connectivity index (χ2v) is 4.04. The summed E-state index contributed by atoms with van der Waals surface area (Å²) in [5.74, 6) is -0.767. The molecule has 3 nitrogen and oxygen atoms in total. The summed E-state index contributed by atoms with van der Waals surface area (Å²) in [7, 11) is 0. The van der Waals surface area contributed by atoms with E-state index in [2.05, 4.69) is 10.3 Å². The molecule has 0 fully saturated rings. The van der Waals surface area contributed by atoms with E-state index in [1.807, 2.05) is 12.3 Å². The molecule has 0 aliphatic rings. The van der Waals surface area contributed by atoms with Gasteiger partial charge in [0, 0.05) is 5.38 Å². The first-order chi connectivity index (χ1) is 7.66. The van der Waals surface area contributed by atoms with E-state index in [4.69, 9.17) is 0 Å². The summed E-state index contributed by atoms with van der Waals surface area (Å²) >= 11 is 1.47. The largest absolute Gasteiger partial charge is 0.321 e. The van der Waals surface area contributed by atoms with Crippen molar-refractivity contribution in [2.75, 3.05) is 5.32 Å². The number of hydrogen-bond acceptors (Lipinski definition) is 3. The molecule has 2 aromatic heterocycles.